The average molecular weight is 447 g/mol. The molecule has 5 rings (SSSR count). The number of aliphatic hydroxyl groups is 1. The van der Waals surface area contributed by atoms with Gasteiger partial charge in [-0.05, 0) is 49.7 Å². The largest absolute Gasteiger partial charge is 0.475 e. The first kappa shape index (κ1) is 16.4. The average Bonchev–Trinajstić information content (AvgIpc) is 3.26. The van der Waals surface area contributed by atoms with Crippen LogP contribution in [0.2, 0.25) is 0 Å². The van der Waals surface area contributed by atoms with E-state index in [1.54, 1.807) is 13.0 Å². The minimum atomic E-state index is -3.08. The number of fused-ring (bicyclic) bond motifs is 7. The normalized spacial score (nSPS) is 49.3. The Morgan fingerprint density at radius 2 is 2.22 bits per heavy atom. The fourth-order valence-electron chi connectivity index (χ4n) is 7.62. The van der Waals surface area contributed by atoms with E-state index in [2.05, 4.69) is 4.99 Å². The molecular formula is C25H31NO6. The second kappa shape index (κ2) is 6.86. The monoisotopic (exact) mass is 446 g/mol. The van der Waals surface area contributed by atoms with Crippen molar-refractivity contribution in [2.75, 3.05) is 6.56 Å². The van der Waals surface area contributed by atoms with Crippen molar-refractivity contribution >= 4 is 23.4 Å². The molecule has 8 atom stereocenters. The van der Waals surface area contributed by atoms with Gasteiger partial charge in [-0.2, -0.15) is 0 Å². The Bertz CT molecular complexity index is 1180. The zero-order chi connectivity index (χ0) is 27.3. The molecule has 0 radical (unpaired) electrons. The number of rotatable bonds is 3. The topological polar surface area (TPSA) is 102 Å². The molecule has 1 aliphatic heterocycles. The Balaban J connectivity index is 1.63. The molecule has 32 heavy (non-hydrogen) atoms. The number of esters is 1. The lowest BCUT2D eigenvalue weighted by atomic mass is 9.46. The van der Waals surface area contributed by atoms with E-state index in [1.165, 1.54) is 6.08 Å². The van der Waals surface area contributed by atoms with Crippen molar-refractivity contribution in [2.24, 2.45) is 33.6 Å². The highest BCUT2D eigenvalue weighted by Crippen LogP contribution is 2.69. The third-order valence-electron chi connectivity index (χ3n) is 8.86. The summed E-state index contributed by atoms with van der Waals surface area (Å²) >= 11 is 0. The number of nitrogens with zero attached hydrogens (tertiary/aromatic N) is 1. The molecule has 0 spiro atoms. The van der Waals surface area contributed by atoms with Crippen molar-refractivity contribution in [3.8, 4) is 0 Å². The molecule has 0 aromatic rings. The number of ether oxygens (including phenoxy) is 2. The zero-order valence-corrected chi connectivity index (χ0v) is 18.4. The van der Waals surface area contributed by atoms with Gasteiger partial charge in [-0.1, -0.05) is 25.5 Å². The molecule has 1 heterocycles. The molecule has 0 amide bonds. The summed E-state index contributed by atoms with van der Waals surface area (Å²) in [7, 11) is 0. The summed E-state index contributed by atoms with van der Waals surface area (Å²) in [6.45, 7) is -1.14. The molecular weight excluding hydrogens is 410 g/mol. The summed E-state index contributed by atoms with van der Waals surface area (Å²) in [5.41, 5.74) is -2.78. The molecule has 1 N–H and O–H groups in total. The first-order chi connectivity index (χ1) is 17.0. The predicted molar refractivity (Wildman–Crippen MR) is 116 cm³/mol. The number of hydrogen-bond acceptors (Lipinski definition) is 7. The molecule has 4 aliphatic carbocycles. The molecule has 5 aliphatic rings. The van der Waals surface area contributed by atoms with E-state index in [0.29, 0.717) is 12.8 Å². The van der Waals surface area contributed by atoms with Crippen molar-refractivity contribution in [3.63, 3.8) is 0 Å². The molecule has 3 saturated carbocycles. The van der Waals surface area contributed by atoms with E-state index in [1.807, 2.05) is 13.0 Å². The van der Waals surface area contributed by atoms with Gasteiger partial charge in [0, 0.05) is 34.6 Å². The summed E-state index contributed by atoms with van der Waals surface area (Å²) in [6, 6.07) is 0. The highest BCUT2D eigenvalue weighted by Gasteiger charge is 2.74. The molecule has 0 bridgehead atoms. The number of Topliss-reactive ketones (excluding diaryl/α,β-unsaturated/α-hetero) is 1. The van der Waals surface area contributed by atoms with E-state index in [9.17, 15) is 19.5 Å². The van der Waals surface area contributed by atoms with Crippen LogP contribution in [0.5, 0.6) is 0 Å². The summed E-state index contributed by atoms with van der Waals surface area (Å²) < 4.78 is 50.6. The lowest BCUT2D eigenvalue weighted by molar-refractivity contribution is -0.155. The van der Waals surface area contributed by atoms with Crippen LogP contribution in [-0.2, 0) is 23.9 Å². The van der Waals surface area contributed by atoms with Gasteiger partial charge in [-0.15, -0.1) is 0 Å². The number of aliphatic imine (C=N–C) groups is 1. The third kappa shape index (κ3) is 2.63. The Kier molecular flexibility index (Phi) is 3.51. The van der Waals surface area contributed by atoms with Gasteiger partial charge in [0.2, 0.25) is 5.78 Å². The maximum absolute atomic E-state index is 14.0. The predicted octanol–water partition coefficient (Wildman–Crippen LogP) is 2.56. The van der Waals surface area contributed by atoms with Gasteiger partial charge in [0.25, 0.3) is 0 Å². The van der Waals surface area contributed by atoms with Crippen molar-refractivity contribution in [3.05, 3.63) is 23.8 Å². The number of carbonyl (C=O) groups excluding carboxylic acids is 3. The number of aliphatic hydroxyl groups excluding tert-OH is 1. The standard InChI is InChI=1S/C25H31NO6/c1-13-26-25(20(30)12-31-14(2)27)21(32-13)10-18-17-6-5-15-9-16(28)7-8-23(15,3)22(17)19(29)11-24(18,25)4/h7-9,17-19,21-22,29H,5-6,10-12H2,1-4H3/t17-,18-,19-,21+,22+,23-,24-,25+/m0/s1/i1D3,12D2. The Labute approximate surface area is 195 Å². The van der Waals surface area contributed by atoms with E-state index in [0.717, 1.165) is 12.5 Å². The molecule has 7 heteroatoms. The van der Waals surface area contributed by atoms with Gasteiger partial charge in [0.05, 0.1) is 8.85 Å². The van der Waals surface area contributed by atoms with E-state index >= 15 is 0 Å². The van der Waals surface area contributed by atoms with Crippen molar-refractivity contribution in [1.29, 1.82) is 0 Å². The summed E-state index contributed by atoms with van der Waals surface area (Å²) in [4.78, 5) is 42.0. The second-order valence-corrected chi connectivity index (χ2v) is 10.3. The summed E-state index contributed by atoms with van der Waals surface area (Å²) in [6.07, 6.45) is 4.48. The van der Waals surface area contributed by atoms with Crippen molar-refractivity contribution < 1.29 is 35.8 Å². The van der Waals surface area contributed by atoms with Crippen LogP contribution in [0.3, 0.4) is 0 Å². The van der Waals surface area contributed by atoms with Crippen LogP contribution in [-0.4, -0.2) is 52.8 Å². The van der Waals surface area contributed by atoms with Crippen LogP contribution in [0.25, 0.3) is 0 Å². The van der Waals surface area contributed by atoms with Crippen LogP contribution in [0.15, 0.2) is 28.8 Å². The van der Waals surface area contributed by atoms with Gasteiger partial charge in [-0.25, -0.2) is 4.99 Å². The smallest absolute Gasteiger partial charge is 0.303 e. The molecule has 3 fully saturated rings. The Morgan fingerprint density at radius 3 is 2.94 bits per heavy atom. The Hall–Kier alpha value is -2.28. The van der Waals surface area contributed by atoms with Gasteiger partial charge < -0.3 is 14.6 Å². The summed E-state index contributed by atoms with van der Waals surface area (Å²) in [5.74, 6) is -3.57. The van der Waals surface area contributed by atoms with E-state index in [4.69, 9.17) is 16.3 Å². The second-order valence-electron chi connectivity index (χ2n) is 10.3. The van der Waals surface area contributed by atoms with Crippen LogP contribution < -0.4 is 0 Å². The third-order valence-corrected chi connectivity index (χ3v) is 8.86. The number of carbonyl (C=O) groups is 3. The maximum atomic E-state index is 14.0. The maximum Gasteiger partial charge on any atom is 0.303 e. The van der Waals surface area contributed by atoms with Crippen LogP contribution in [0.1, 0.15) is 60.2 Å². The van der Waals surface area contributed by atoms with E-state index < -0.39 is 59.6 Å². The highest BCUT2D eigenvalue weighted by molar-refractivity contribution is 6.01. The minimum absolute atomic E-state index is 0.0308. The quantitative estimate of drug-likeness (QED) is 0.669. The van der Waals surface area contributed by atoms with Crippen molar-refractivity contribution in [2.45, 2.75) is 71.1 Å². The fraction of sp³-hybridized carbons (Fsp3) is 0.680. The minimum Gasteiger partial charge on any atom is -0.475 e. The lowest BCUT2D eigenvalue weighted by Crippen LogP contribution is -2.62. The molecule has 0 aromatic carbocycles. The molecule has 172 valence electrons. The molecule has 7 nitrogen and oxygen atoms in total. The van der Waals surface area contributed by atoms with Gasteiger partial charge >= 0.3 is 5.97 Å². The van der Waals surface area contributed by atoms with Gasteiger partial charge in [0.1, 0.15) is 6.10 Å². The Morgan fingerprint density at radius 1 is 1.44 bits per heavy atom. The first-order valence-electron chi connectivity index (χ1n) is 13.6. The molecule has 0 saturated heterocycles. The molecule has 0 aromatic heterocycles. The number of ketones is 2. The van der Waals surface area contributed by atoms with Crippen LogP contribution in [0.4, 0.5) is 0 Å². The van der Waals surface area contributed by atoms with Crippen LogP contribution >= 0.6 is 0 Å². The fourth-order valence-corrected chi connectivity index (χ4v) is 7.62. The first-order valence-corrected chi connectivity index (χ1v) is 11.1. The van der Waals surface area contributed by atoms with E-state index in [-0.39, 0.29) is 36.4 Å². The summed E-state index contributed by atoms with van der Waals surface area (Å²) in [5, 5.41) is 11.6. The SMILES string of the molecule is [2H]C([2H])([2H])C1=N[C@]2(C(=O)C([2H])([2H])OC(C)=O)[C@@H](C[C@H]3[C@@H]4CCC5=CC(=O)C=C[C@]5(C)[C@H]4[C@@H](O)C[C@@]32C)O1. The van der Waals surface area contributed by atoms with Gasteiger partial charge in [-0.3, -0.25) is 14.4 Å². The zero-order valence-electron chi connectivity index (χ0n) is 23.4. The number of hydrogen-bond donors (Lipinski definition) is 1. The van der Waals surface area contributed by atoms with Crippen molar-refractivity contribution in [1.82, 2.24) is 0 Å². The molecule has 0 unspecified atom stereocenters. The van der Waals surface area contributed by atoms with Crippen LogP contribution in [0, 0.1) is 28.6 Å². The number of allylic oxidation sites excluding steroid dienone is 4. The van der Waals surface area contributed by atoms with Gasteiger partial charge in [0.15, 0.2) is 23.8 Å². The lowest BCUT2D eigenvalue weighted by Gasteiger charge is -2.59. The highest BCUT2D eigenvalue weighted by atomic mass is 16.5.